The van der Waals surface area contributed by atoms with Crippen molar-refractivity contribution in [3.63, 3.8) is 0 Å². The van der Waals surface area contributed by atoms with Crippen molar-refractivity contribution < 1.29 is 23.7 Å². The zero-order valence-electron chi connectivity index (χ0n) is 19.9. The molecular formula is C26H38O5. The van der Waals surface area contributed by atoms with Crippen molar-refractivity contribution in [2.45, 2.75) is 52.4 Å². The van der Waals surface area contributed by atoms with Gasteiger partial charge in [0.25, 0.3) is 0 Å². The molecule has 0 aliphatic heterocycles. The van der Waals surface area contributed by atoms with E-state index in [1.54, 1.807) is 0 Å². The third kappa shape index (κ3) is 8.17. The van der Waals surface area contributed by atoms with Gasteiger partial charge in [-0.2, -0.15) is 0 Å². The van der Waals surface area contributed by atoms with E-state index in [1.165, 1.54) is 11.1 Å². The molecule has 2 rings (SSSR count). The van der Waals surface area contributed by atoms with E-state index >= 15 is 0 Å². The van der Waals surface area contributed by atoms with E-state index in [9.17, 15) is 0 Å². The number of hydrogen-bond donors (Lipinski definition) is 0. The standard InChI is InChI=1S/C26H38O5/c1-7-27-19-30-23-13-9-21(10-14-23)25(3,4)17-29-18-26(5,6)22-11-15-24(16-12-22)31-20-28-8-2/h9-16H,7-8,17-20H2,1-6H3. The third-order valence-electron chi connectivity index (χ3n) is 5.22. The van der Waals surface area contributed by atoms with Crippen LogP contribution in [0.1, 0.15) is 52.7 Å². The Labute approximate surface area is 187 Å². The fourth-order valence-electron chi connectivity index (χ4n) is 3.12. The van der Waals surface area contributed by atoms with Gasteiger partial charge in [0.2, 0.25) is 0 Å². The van der Waals surface area contributed by atoms with Gasteiger partial charge < -0.3 is 23.7 Å². The second-order valence-corrected chi connectivity index (χ2v) is 8.82. The molecule has 2 aromatic rings. The third-order valence-corrected chi connectivity index (χ3v) is 5.22. The Hall–Kier alpha value is -2.08. The second kappa shape index (κ2) is 12.1. The lowest BCUT2D eigenvalue weighted by Gasteiger charge is -2.30. The lowest BCUT2D eigenvalue weighted by Crippen LogP contribution is -2.30. The predicted octanol–water partition coefficient (Wildman–Crippen LogP) is 5.70. The molecular weight excluding hydrogens is 392 g/mol. The van der Waals surface area contributed by atoms with Crippen LogP contribution in [-0.4, -0.2) is 40.0 Å². The SMILES string of the molecule is CCOCOc1ccc(C(C)(C)COCC(C)(C)c2ccc(OCOCC)cc2)cc1. The molecule has 31 heavy (non-hydrogen) atoms. The van der Waals surface area contributed by atoms with Crippen LogP contribution in [0.15, 0.2) is 48.5 Å². The van der Waals surface area contributed by atoms with Gasteiger partial charge in [-0.15, -0.1) is 0 Å². The maximum absolute atomic E-state index is 6.19. The average molecular weight is 431 g/mol. The summed E-state index contributed by atoms with van der Waals surface area (Å²) in [6, 6.07) is 16.3. The molecule has 0 spiro atoms. The van der Waals surface area contributed by atoms with E-state index < -0.39 is 0 Å². The predicted molar refractivity (Wildman–Crippen MR) is 124 cm³/mol. The summed E-state index contributed by atoms with van der Waals surface area (Å²) in [6.45, 7) is 15.8. The van der Waals surface area contributed by atoms with Crippen LogP contribution in [0.3, 0.4) is 0 Å². The highest BCUT2D eigenvalue weighted by molar-refractivity contribution is 5.33. The molecule has 0 aromatic heterocycles. The molecule has 0 bridgehead atoms. The average Bonchev–Trinajstić information content (AvgIpc) is 2.75. The minimum absolute atomic E-state index is 0.106. The molecule has 0 saturated carbocycles. The maximum atomic E-state index is 6.19. The first-order chi connectivity index (χ1) is 14.8. The van der Waals surface area contributed by atoms with E-state index in [1.807, 2.05) is 38.1 Å². The van der Waals surface area contributed by atoms with Gasteiger partial charge in [0.1, 0.15) is 11.5 Å². The Morgan fingerprint density at radius 1 is 0.548 bits per heavy atom. The molecule has 0 heterocycles. The van der Waals surface area contributed by atoms with Gasteiger partial charge in [-0.05, 0) is 49.2 Å². The first kappa shape index (κ1) is 25.2. The van der Waals surface area contributed by atoms with Crippen LogP contribution in [0, 0.1) is 0 Å². The molecule has 0 amide bonds. The number of rotatable bonds is 14. The second-order valence-electron chi connectivity index (χ2n) is 8.82. The van der Waals surface area contributed by atoms with Crippen LogP contribution in [0.5, 0.6) is 11.5 Å². The highest BCUT2D eigenvalue weighted by Crippen LogP contribution is 2.29. The topological polar surface area (TPSA) is 46.2 Å². The molecule has 0 fully saturated rings. The van der Waals surface area contributed by atoms with Crippen LogP contribution < -0.4 is 9.47 Å². The van der Waals surface area contributed by atoms with Gasteiger partial charge in [-0.25, -0.2) is 0 Å². The van der Waals surface area contributed by atoms with Gasteiger partial charge in [-0.3, -0.25) is 0 Å². The molecule has 5 heteroatoms. The van der Waals surface area contributed by atoms with E-state index in [0.29, 0.717) is 26.4 Å². The van der Waals surface area contributed by atoms with E-state index in [0.717, 1.165) is 11.5 Å². The molecule has 0 atom stereocenters. The van der Waals surface area contributed by atoms with Gasteiger partial charge in [-0.1, -0.05) is 52.0 Å². The van der Waals surface area contributed by atoms with Crippen molar-refractivity contribution in [2.24, 2.45) is 0 Å². The van der Waals surface area contributed by atoms with E-state index in [2.05, 4.69) is 52.0 Å². The Kier molecular flexibility index (Phi) is 9.82. The Bertz CT molecular complexity index is 685. The summed E-state index contributed by atoms with van der Waals surface area (Å²) in [7, 11) is 0. The van der Waals surface area contributed by atoms with Gasteiger partial charge in [0.15, 0.2) is 13.6 Å². The van der Waals surface area contributed by atoms with Crippen molar-refractivity contribution in [1.82, 2.24) is 0 Å². The summed E-state index contributed by atoms with van der Waals surface area (Å²) < 4.78 is 27.8. The van der Waals surface area contributed by atoms with Crippen molar-refractivity contribution in [3.8, 4) is 11.5 Å². The van der Waals surface area contributed by atoms with E-state index in [-0.39, 0.29) is 24.4 Å². The fraction of sp³-hybridized carbons (Fsp3) is 0.538. The lowest BCUT2D eigenvalue weighted by atomic mass is 9.84. The van der Waals surface area contributed by atoms with Crippen molar-refractivity contribution in [2.75, 3.05) is 40.0 Å². The van der Waals surface area contributed by atoms with Crippen LogP contribution in [0.2, 0.25) is 0 Å². The van der Waals surface area contributed by atoms with Crippen LogP contribution in [0.25, 0.3) is 0 Å². The summed E-state index contributed by atoms with van der Waals surface area (Å²) in [4.78, 5) is 0. The Morgan fingerprint density at radius 2 is 0.903 bits per heavy atom. The van der Waals surface area contributed by atoms with Crippen molar-refractivity contribution >= 4 is 0 Å². The summed E-state index contributed by atoms with van der Waals surface area (Å²) in [6.07, 6.45) is 0. The zero-order valence-corrected chi connectivity index (χ0v) is 19.9. The van der Waals surface area contributed by atoms with Crippen LogP contribution in [0.4, 0.5) is 0 Å². The molecule has 0 saturated heterocycles. The number of hydrogen-bond acceptors (Lipinski definition) is 5. The van der Waals surface area contributed by atoms with E-state index in [4.69, 9.17) is 23.7 Å². The molecule has 0 aliphatic carbocycles. The molecule has 172 valence electrons. The monoisotopic (exact) mass is 430 g/mol. The minimum Gasteiger partial charge on any atom is -0.468 e. The molecule has 5 nitrogen and oxygen atoms in total. The van der Waals surface area contributed by atoms with Gasteiger partial charge in [0.05, 0.1) is 13.2 Å². The Balaban J connectivity index is 1.87. The lowest BCUT2D eigenvalue weighted by molar-refractivity contribution is 0.0221. The molecule has 0 aliphatic rings. The molecule has 0 radical (unpaired) electrons. The molecule has 2 aromatic carbocycles. The minimum atomic E-state index is -0.106. The first-order valence-electron chi connectivity index (χ1n) is 11.0. The van der Waals surface area contributed by atoms with Crippen LogP contribution in [-0.2, 0) is 25.0 Å². The summed E-state index contributed by atoms with van der Waals surface area (Å²) in [5, 5.41) is 0. The maximum Gasteiger partial charge on any atom is 0.189 e. The number of ether oxygens (including phenoxy) is 5. The largest absolute Gasteiger partial charge is 0.468 e. The normalized spacial score (nSPS) is 12.1. The summed E-state index contributed by atoms with van der Waals surface area (Å²) in [5.74, 6) is 1.62. The van der Waals surface area contributed by atoms with Gasteiger partial charge in [0, 0.05) is 24.0 Å². The first-order valence-corrected chi connectivity index (χ1v) is 11.0. The fourth-order valence-corrected chi connectivity index (χ4v) is 3.12. The van der Waals surface area contributed by atoms with Crippen molar-refractivity contribution in [3.05, 3.63) is 59.7 Å². The van der Waals surface area contributed by atoms with Crippen LogP contribution >= 0.6 is 0 Å². The van der Waals surface area contributed by atoms with Gasteiger partial charge >= 0.3 is 0 Å². The summed E-state index contributed by atoms with van der Waals surface area (Å²) >= 11 is 0. The highest BCUT2D eigenvalue weighted by Gasteiger charge is 2.25. The Morgan fingerprint density at radius 3 is 1.23 bits per heavy atom. The highest BCUT2D eigenvalue weighted by atomic mass is 16.7. The summed E-state index contributed by atoms with van der Waals surface area (Å²) in [5.41, 5.74) is 2.21. The van der Waals surface area contributed by atoms with Crippen molar-refractivity contribution in [1.29, 1.82) is 0 Å². The number of benzene rings is 2. The molecule has 0 N–H and O–H groups in total. The molecule has 0 unspecified atom stereocenters. The quantitative estimate of drug-likeness (QED) is 0.284. The smallest absolute Gasteiger partial charge is 0.189 e. The zero-order chi connectivity index (χ0) is 22.7.